The molecular formula is C14H9BrN2O3. The number of hydrogen-bond donors (Lipinski definition) is 0. The van der Waals surface area contributed by atoms with E-state index in [4.69, 9.17) is 10.00 Å². The summed E-state index contributed by atoms with van der Waals surface area (Å²) >= 11 is 3.36. The van der Waals surface area contributed by atoms with E-state index in [0.29, 0.717) is 5.75 Å². The summed E-state index contributed by atoms with van der Waals surface area (Å²) in [5.41, 5.74) is 0.951. The monoisotopic (exact) mass is 332 g/mol. The Hall–Kier alpha value is -2.39. The summed E-state index contributed by atoms with van der Waals surface area (Å²) in [5, 5.41) is 19.7. The highest BCUT2D eigenvalue weighted by molar-refractivity contribution is 9.10. The minimum Gasteiger partial charge on any atom is -0.488 e. The van der Waals surface area contributed by atoms with Gasteiger partial charge in [-0.15, -0.1) is 0 Å². The van der Waals surface area contributed by atoms with Crippen LogP contribution in [0.5, 0.6) is 5.75 Å². The van der Waals surface area contributed by atoms with Crippen molar-refractivity contribution < 1.29 is 9.66 Å². The highest BCUT2D eigenvalue weighted by Gasteiger charge is 2.11. The number of rotatable bonds is 4. The molecule has 20 heavy (non-hydrogen) atoms. The van der Waals surface area contributed by atoms with Crippen LogP contribution in [0.3, 0.4) is 0 Å². The van der Waals surface area contributed by atoms with E-state index in [-0.39, 0.29) is 17.9 Å². The maximum atomic E-state index is 10.6. The van der Waals surface area contributed by atoms with Gasteiger partial charge in [-0.2, -0.15) is 5.26 Å². The molecule has 0 aliphatic heterocycles. The molecule has 2 rings (SSSR count). The van der Waals surface area contributed by atoms with E-state index in [9.17, 15) is 10.1 Å². The zero-order chi connectivity index (χ0) is 14.5. The first-order valence-corrected chi connectivity index (χ1v) is 6.45. The Kier molecular flexibility index (Phi) is 4.33. The molecule has 0 radical (unpaired) electrons. The molecule has 0 aliphatic carbocycles. The first kappa shape index (κ1) is 14.0. The van der Waals surface area contributed by atoms with Crippen LogP contribution in [-0.2, 0) is 6.61 Å². The summed E-state index contributed by atoms with van der Waals surface area (Å²) in [7, 11) is 0. The predicted molar refractivity (Wildman–Crippen MR) is 76.3 cm³/mol. The maximum absolute atomic E-state index is 10.6. The van der Waals surface area contributed by atoms with Crippen molar-refractivity contribution in [1.29, 1.82) is 5.26 Å². The van der Waals surface area contributed by atoms with Crippen LogP contribution < -0.4 is 4.74 Å². The zero-order valence-corrected chi connectivity index (χ0v) is 11.8. The van der Waals surface area contributed by atoms with Gasteiger partial charge in [-0.05, 0) is 23.8 Å². The molecule has 0 heterocycles. The van der Waals surface area contributed by atoms with E-state index < -0.39 is 4.92 Å². The molecule has 100 valence electrons. The van der Waals surface area contributed by atoms with Gasteiger partial charge in [0.1, 0.15) is 24.0 Å². The number of ether oxygens (including phenoxy) is 1. The Morgan fingerprint density at radius 2 is 2.10 bits per heavy atom. The Bertz CT molecular complexity index is 695. The lowest BCUT2D eigenvalue weighted by Gasteiger charge is -2.08. The molecule has 2 aromatic carbocycles. The van der Waals surface area contributed by atoms with Crippen molar-refractivity contribution in [3.8, 4) is 11.8 Å². The molecule has 0 bridgehead atoms. The minimum absolute atomic E-state index is 0.128. The SMILES string of the molecule is N#Cc1cc([N+](=O)[O-])ccc1OCc1cccc(Br)c1. The maximum Gasteiger partial charge on any atom is 0.271 e. The third kappa shape index (κ3) is 3.33. The highest BCUT2D eigenvalue weighted by atomic mass is 79.9. The zero-order valence-electron chi connectivity index (χ0n) is 10.2. The Morgan fingerprint density at radius 3 is 2.75 bits per heavy atom. The molecule has 0 N–H and O–H groups in total. The molecule has 0 fully saturated rings. The second-order valence-electron chi connectivity index (χ2n) is 3.97. The van der Waals surface area contributed by atoms with Gasteiger partial charge in [0.05, 0.1) is 4.92 Å². The average Bonchev–Trinajstić information content (AvgIpc) is 2.45. The van der Waals surface area contributed by atoms with E-state index >= 15 is 0 Å². The highest BCUT2D eigenvalue weighted by Crippen LogP contribution is 2.24. The number of nitrogens with zero attached hydrogens (tertiary/aromatic N) is 2. The van der Waals surface area contributed by atoms with Crippen LogP contribution in [0, 0.1) is 21.4 Å². The molecule has 6 heteroatoms. The van der Waals surface area contributed by atoms with Crippen molar-refractivity contribution in [2.24, 2.45) is 0 Å². The molecule has 0 amide bonds. The summed E-state index contributed by atoms with van der Waals surface area (Å²) in [5.74, 6) is 0.332. The largest absolute Gasteiger partial charge is 0.488 e. The van der Waals surface area contributed by atoms with Crippen LogP contribution in [0.1, 0.15) is 11.1 Å². The van der Waals surface area contributed by atoms with Crippen molar-refractivity contribution in [1.82, 2.24) is 0 Å². The summed E-state index contributed by atoms with van der Waals surface area (Å²) in [6, 6.07) is 13.4. The van der Waals surface area contributed by atoms with Crippen LogP contribution in [0.4, 0.5) is 5.69 Å². The van der Waals surface area contributed by atoms with Crippen molar-refractivity contribution in [3.05, 3.63) is 68.2 Å². The second kappa shape index (κ2) is 6.17. The topological polar surface area (TPSA) is 76.2 Å². The van der Waals surface area contributed by atoms with Gasteiger partial charge in [0.15, 0.2) is 0 Å². The molecular weight excluding hydrogens is 324 g/mol. The number of nitro groups is 1. The molecule has 5 nitrogen and oxygen atoms in total. The van der Waals surface area contributed by atoms with E-state index in [2.05, 4.69) is 15.9 Å². The Morgan fingerprint density at radius 1 is 1.30 bits per heavy atom. The van der Waals surface area contributed by atoms with Gasteiger partial charge in [-0.3, -0.25) is 10.1 Å². The van der Waals surface area contributed by atoms with E-state index in [1.807, 2.05) is 30.3 Å². The summed E-state index contributed by atoms with van der Waals surface area (Å²) in [6.45, 7) is 0.284. The number of nitriles is 1. The lowest BCUT2D eigenvalue weighted by atomic mass is 10.2. The van der Waals surface area contributed by atoms with E-state index in [0.717, 1.165) is 10.0 Å². The van der Waals surface area contributed by atoms with E-state index in [1.54, 1.807) is 0 Å². The predicted octanol–water partition coefficient (Wildman–Crippen LogP) is 3.81. The van der Waals surface area contributed by atoms with Gasteiger partial charge >= 0.3 is 0 Å². The first-order valence-electron chi connectivity index (χ1n) is 5.66. The number of nitro benzene ring substituents is 1. The van der Waals surface area contributed by atoms with Crippen LogP contribution >= 0.6 is 15.9 Å². The molecule has 0 aliphatic rings. The standard InChI is InChI=1S/C14H9BrN2O3/c15-12-3-1-2-10(6-12)9-20-14-5-4-13(17(18)19)7-11(14)8-16/h1-7H,9H2. The van der Waals surface area contributed by atoms with Crippen LogP contribution in [0.15, 0.2) is 46.9 Å². The molecule has 0 saturated heterocycles. The number of hydrogen-bond acceptors (Lipinski definition) is 4. The normalized spacial score (nSPS) is 9.80. The molecule has 0 aromatic heterocycles. The molecule has 0 unspecified atom stereocenters. The fourth-order valence-electron chi connectivity index (χ4n) is 1.63. The lowest BCUT2D eigenvalue weighted by molar-refractivity contribution is -0.384. The van der Waals surface area contributed by atoms with Gasteiger partial charge in [0.2, 0.25) is 0 Å². The minimum atomic E-state index is -0.543. The number of non-ortho nitro benzene ring substituents is 1. The smallest absolute Gasteiger partial charge is 0.271 e. The Balaban J connectivity index is 2.18. The lowest BCUT2D eigenvalue weighted by Crippen LogP contribution is -1.98. The third-order valence-electron chi connectivity index (χ3n) is 2.58. The second-order valence-corrected chi connectivity index (χ2v) is 4.88. The van der Waals surface area contributed by atoms with Crippen LogP contribution in [0.25, 0.3) is 0 Å². The Labute approximate surface area is 123 Å². The molecule has 2 aromatic rings. The van der Waals surface area contributed by atoms with Gasteiger partial charge in [0, 0.05) is 16.6 Å². The molecule has 0 spiro atoms. The fourth-order valence-corrected chi connectivity index (χ4v) is 2.08. The first-order chi connectivity index (χ1) is 9.60. The van der Waals surface area contributed by atoms with Crippen molar-refractivity contribution >= 4 is 21.6 Å². The van der Waals surface area contributed by atoms with Crippen molar-refractivity contribution in [2.45, 2.75) is 6.61 Å². The van der Waals surface area contributed by atoms with E-state index in [1.165, 1.54) is 18.2 Å². The van der Waals surface area contributed by atoms with Crippen LogP contribution in [-0.4, -0.2) is 4.92 Å². The third-order valence-corrected chi connectivity index (χ3v) is 3.07. The van der Waals surface area contributed by atoms with Gasteiger partial charge < -0.3 is 4.74 Å². The number of halogens is 1. The van der Waals surface area contributed by atoms with Gasteiger partial charge in [-0.25, -0.2) is 0 Å². The quantitative estimate of drug-likeness (QED) is 0.630. The summed E-state index contributed by atoms with van der Waals surface area (Å²) in [6.07, 6.45) is 0. The van der Waals surface area contributed by atoms with Gasteiger partial charge in [-0.1, -0.05) is 28.1 Å². The molecule has 0 saturated carbocycles. The van der Waals surface area contributed by atoms with Crippen molar-refractivity contribution in [3.63, 3.8) is 0 Å². The van der Waals surface area contributed by atoms with Gasteiger partial charge in [0.25, 0.3) is 5.69 Å². The fraction of sp³-hybridized carbons (Fsp3) is 0.0714. The molecule has 0 atom stereocenters. The van der Waals surface area contributed by atoms with Crippen LogP contribution in [0.2, 0.25) is 0 Å². The summed E-state index contributed by atoms with van der Waals surface area (Å²) < 4.78 is 6.47. The number of benzene rings is 2. The summed E-state index contributed by atoms with van der Waals surface area (Å²) in [4.78, 5) is 10.1. The average molecular weight is 333 g/mol. The van der Waals surface area contributed by atoms with Crippen molar-refractivity contribution in [2.75, 3.05) is 0 Å².